The molecule has 0 saturated carbocycles. The number of carbonyl (C=O) groups excluding carboxylic acids is 1. The molecular weight excluding hydrogens is 272 g/mol. The molecule has 3 aromatic rings. The number of hydrogen-bond acceptors (Lipinski definition) is 6. The van der Waals surface area contributed by atoms with Crippen molar-refractivity contribution in [2.75, 3.05) is 5.32 Å². The van der Waals surface area contributed by atoms with Gasteiger partial charge >= 0.3 is 0 Å². The van der Waals surface area contributed by atoms with E-state index in [0.717, 1.165) is 5.56 Å². The zero-order valence-electron chi connectivity index (χ0n) is 11.4. The largest absolute Gasteiger partial charge is 0.351 e. The number of hydrogen-bond donors (Lipinski definition) is 1. The van der Waals surface area contributed by atoms with Gasteiger partial charge in [0.25, 0.3) is 5.91 Å². The maximum absolute atomic E-state index is 12.0. The van der Waals surface area contributed by atoms with Gasteiger partial charge in [0, 0.05) is 24.4 Å². The van der Waals surface area contributed by atoms with Crippen molar-refractivity contribution in [3.05, 3.63) is 41.8 Å². The van der Waals surface area contributed by atoms with E-state index >= 15 is 0 Å². The van der Waals surface area contributed by atoms with Crippen LogP contribution in [0.3, 0.4) is 0 Å². The molecule has 0 fully saturated rings. The molecule has 1 aromatic carbocycles. The molecule has 3 rings (SSSR count). The topological polar surface area (TPSA) is 98.7 Å². The lowest BCUT2D eigenvalue weighted by Crippen LogP contribution is -2.11. The van der Waals surface area contributed by atoms with Crippen LogP contribution in [0.4, 0.5) is 5.69 Å². The maximum Gasteiger partial charge on any atom is 0.294 e. The Morgan fingerprint density at radius 3 is 2.86 bits per heavy atom. The van der Waals surface area contributed by atoms with Crippen molar-refractivity contribution in [2.45, 2.75) is 6.92 Å². The third-order valence-electron chi connectivity index (χ3n) is 2.85. The SMILES string of the molecule is Cc1cc(C(=O)Nc2cccc(-c3nnnn3C)c2)on1. The van der Waals surface area contributed by atoms with E-state index in [9.17, 15) is 4.79 Å². The molecule has 0 aliphatic rings. The molecule has 0 saturated heterocycles. The summed E-state index contributed by atoms with van der Waals surface area (Å²) in [6, 6.07) is 8.80. The molecule has 0 unspecified atom stereocenters. The summed E-state index contributed by atoms with van der Waals surface area (Å²) in [5.74, 6) is 0.420. The molecule has 106 valence electrons. The Labute approximate surface area is 119 Å². The van der Waals surface area contributed by atoms with Gasteiger partial charge in [-0.1, -0.05) is 17.3 Å². The van der Waals surface area contributed by atoms with Crippen molar-refractivity contribution >= 4 is 11.6 Å². The molecule has 1 N–H and O–H groups in total. The highest BCUT2D eigenvalue weighted by Gasteiger charge is 2.13. The molecule has 0 spiro atoms. The van der Waals surface area contributed by atoms with Crippen molar-refractivity contribution in [1.29, 1.82) is 0 Å². The average molecular weight is 284 g/mol. The van der Waals surface area contributed by atoms with Crippen LogP contribution in [-0.4, -0.2) is 31.3 Å². The van der Waals surface area contributed by atoms with Crippen LogP contribution in [0.2, 0.25) is 0 Å². The summed E-state index contributed by atoms with van der Waals surface area (Å²) in [4.78, 5) is 12.0. The smallest absolute Gasteiger partial charge is 0.294 e. The summed E-state index contributed by atoms with van der Waals surface area (Å²) in [6.45, 7) is 1.75. The molecule has 8 heteroatoms. The Morgan fingerprint density at radius 2 is 2.19 bits per heavy atom. The number of carbonyl (C=O) groups is 1. The van der Waals surface area contributed by atoms with Gasteiger partial charge < -0.3 is 9.84 Å². The van der Waals surface area contributed by atoms with E-state index in [1.165, 1.54) is 0 Å². The van der Waals surface area contributed by atoms with Gasteiger partial charge in [0.15, 0.2) is 5.82 Å². The second-order valence-electron chi connectivity index (χ2n) is 4.49. The summed E-state index contributed by atoms with van der Waals surface area (Å²) in [6.07, 6.45) is 0. The van der Waals surface area contributed by atoms with E-state index in [1.54, 1.807) is 36.9 Å². The van der Waals surface area contributed by atoms with Gasteiger partial charge in [-0.25, -0.2) is 4.68 Å². The Bertz CT molecular complexity index is 791. The minimum Gasteiger partial charge on any atom is -0.351 e. The fourth-order valence-electron chi connectivity index (χ4n) is 1.87. The predicted molar refractivity (Wildman–Crippen MR) is 73.4 cm³/mol. The highest BCUT2D eigenvalue weighted by Crippen LogP contribution is 2.20. The third-order valence-corrected chi connectivity index (χ3v) is 2.85. The van der Waals surface area contributed by atoms with Crippen LogP contribution < -0.4 is 5.32 Å². The first-order valence-electron chi connectivity index (χ1n) is 6.21. The van der Waals surface area contributed by atoms with Gasteiger partial charge in [0.1, 0.15) is 0 Å². The molecule has 0 aliphatic heterocycles. The van der Waals surface area contributed by atoms with E-state index in [-0.39, 0.29) is 11.7 Å². The minimum absolute atomic E-state index is 0.165. The second-order valence-corrected chi connectivity index (χ2v) is 4.49. The fourth-order valence-corrected chi connectivity index (χ4v) is 1.87. The van der Waals surface area contributed by atoms with E-state index in [2.05, 4.69) is 26.0 Å². The second kappa shape index (κ2) is 5.16. The van der Waals surface area contributed by atoms with Crippen molar-refractivity contribution in [1.82, 2.24) is 25.4 Å². The van der Waals surface area contributed by atoms with Gasteiger partial charge in [-0.2, -0.15) is 0 Å². The first-order valence-corrected chi connectivity index (χ1v) is 6.21. The molecular formula is C13H12N6O2. The molecule has 0 atom stereocenters. The van der Waals surface area contributed by atoms with E-state index < -0.39 is 0 Å². The lowest BCUT2D eigenvalue weighted by molar-refractivity contribution is 0.0988. The zero-order chi connectivity index (χ0) is 14.8. The normalized spacial score (nSPS) is 10.6. The molecule has 1 amide bonds. The van der Waals surface area contributed by atoms with Crippen molar-refractivity contribution in [3.8, 4) is 11.4 Å². The molecule has 0 bridgehead atoms. The quantitative estimate of drug-likeness (QED) is 0.781. The van der Waals surface area contributed by atoms with Crippen LogP contribution in [0.25, 0.3) is 11.4 Å². The maximum atomic E-state index is 12.0. The summed E-state index contributed by atoms with van der Waals surface area (Å²) < 4.78 is 6.48. The highest BCUT2D eigenvalue weighted by atomic mass is 16.5. The number of amides is 1. The number of aryl methyl sites for hydroxylation is 2. The Balaban J connectivity index is 1.84. The summed E-state index contributed by atoms with van der Waals surface area (Å²) in [5, 5.41) is 17.7. The van der Waals surface area contributed by atoms with Crippen LogP contribution in [0.15, 0.2) is 34.9 Å². The van der Waals surface area contributed by atoms with Crippen LogP contribution in [-0.2, 0) is 7.05 Å². The van der Waals surface area contributed by atoms with Crippen molar-refractivity contribution in [3.63, 3.8) is 0 Å². The molecule has 21 heavy (non-hydrogen) atoms. The average Bonchev–Trinajstić information content (AvgIpc) is 3.08. The third kappa shape index (κ3) is 2.64. The molecule has 2 aromatic heterocycles. The number of benzene rings is 1. The van der Waals surface area contributed by atoms with Crippen molar-refractivity contribution < 1.29 is 9.32 Å². The predicted octanol–water partition coefficient (Wildman–Crippen LogP) is 1.43. The molecule has 8 nitrogen and oxygen atoms in total. The van der Waals surface area contributed by atoms with Crippen LogP contribution in [0.5, 0.6) is 0 Å². The van der Waals surface area contributed by atoms with Crippen molar-refractivity contribution in [2.24, 2.45) is 7.05 Å². The standard InChI is InChI=1S/C13H12N6O2/c1-8-6-11(21-16-8)13(20)14-10-5-3-4-9(7-10)12-15-17-18-19(12)2/h3-7H,1-2H3,(H,14,20). The lowest BCUT2D eigenvalue weighted by Gasteiger charge is -2.05. The number of nitrogens with zero attached hydrogens (tertiary/aromatic N) is 5. The van der Waals surface area contributed by atoms with Crippen LogP contribution in [0, 0.1) is 6.92 Å². The molecule has 0 aliphatic carbocycles. The van der Waals surface area contributed by atoms with E-state index in [4.69, 9.17) is 4.52 Å². The van der Waals surface area contributed by atoms with Crippen LogP contribution in [0.1, 0.15) is 16.2 Å². The Hall–Kier alpha value is -3.03. The number of aromatic nitrogens is 5. The van der Waals surface area contributed by atoms with Gasteiger partial charge in [0.2, 0.25) is 5.76 Å². The zero-order valence-corrected chi connectivity index (χ0v) is 11.4. The molecule has 2 heterocycles. The van der Waals surface area contributed by atoms with Gasteiger partial charge in [-0.3, -0.25) is 4.79 Å². The fraction of sp³-hybridized carbons (Fsp3) is 0.154. The number of tetrazole rings is 1. The first kappa shape index (κ1) is 13.0. The monoisotopic (exact) mass is 284 g/mol. The summed E-state index contributed by atoms with van der Waals surface area (Å²) in [7, 11) is 1.75. The molecule has 0 radical (unpaired) electrons. The number of rotatable bonds is 3. The van der Waals surface area contributed by atoms with E-state index in [1.807, 2.05) is 12.1 Å². The Morgan fingerprint density at radius 1 is 1.33 bits per heavy atom. The van der Waals surface area contributed by atoms with Gasteiger partial charge in [-0.15, -0.1) is 5.10 Å². The number of nitrogens with one attached hydrogen (secondary N) is 1. The first-order chi connectivity index (χ1) is 10.1. The minimum atomic E-state index is -0.358. The highest BCUT2D eigenvalue weighted by molar-refractivity contribution is 6.02. The number of anilines is 1. The summed E-state index contributed by atoms with van der Waals surface area (Å²) >= 11 is 0. The van der Waals surface area contributed by atoms with Gasteiger partial charge in [-0.05, 0) is 29.5 Å². The Kier molecular flexibility index (Phi) is 3.19. The van der Waals surface area contributed by atoms with Gasteiger partial charge in [0.05, 0.1) is 5.69 Å². The van der Waals surface area contributed by atoms with Crippen LogP contribution >= 0.6 is 0 Å². The summed E-state index contributed by atoms with van der Waals surface area (Å²) in [5.41, 5.74) is 2.07. The lowest BCUT2D eigenvalue weighted by atomic mass is 10.2. The van der Waals surface area contributed by atoms with E-state index in [0.29, 0.717) is 17.2 Å².